The van der Waals surface area contributed by atoms with Crippen molar-refractivity contribution in [2.75, 3.05) is 46.8 Å². The van der Waals surface area contributed by atoms with Crippen LogP contribution in [0.3, 0.4) is 0 Å². The molecule has 0 spiro atoms. The Bertz CT molecular complexity index is 841. The minimum absolute atomic E-state index is 0.00761. The van der Waals surface area contributed by atoms with Crippen LogP contribution in [0, 0.1) is 18.7 Å². The summed E-state index contributed by atoms with van der Waals surface area (Å²) in [4.78, 5) is 24.0. The largest absolute Gasteiger partial charge is 0.336 e. The molecule has 3 rings (SSSR count). The molecule has 6 heteroatoms. The highest BCUT2D eigenvalue weighted by molar-refractivity contribution is 5.92. The van der Waals surface area contributed by atoms with Crippen LogP contribution in [0.4, 0.5) is 4.39 Å². The molecule has 2 heterocycles. The molecular formula is C24H33FN4O. The first-order valence-corrected chi connectivity index (χ1v) is 10.8. The summed E-state index contributed by atoms with van der Waals surface area (Å²) >= 11 is 0. The lowest BCUT2D eigenvalue weighted by molar-refractivity contribution is 0.0654. The Balaban J connectivity index is 1.67. The summed E-state index contributed by atoms with van der Waals surface area (Å²) in [6.45, 7) is 6.55. The molecule has 1 atom stereocenters. The highest BCUT2D eigenvalue weighted by atomic mass is 19.1. The molecule has 0 N–H and O–H groups in total. The van der Waals surface area contributed by atoms with E-state index in [0.717, 1.165) is 43.7 Å². The molecule has 0 saturated carbocycles. The molecule has 162 valence electrons. The number of hydrogen-bond acceptors (Lipinski definition) is 4. The average molecular weight is 413 g/mol. The summed E-state index contributed by atoms with van der Waals surface area (Å²) in [7, 11) is 4.04. The van der Waals surface area contributed by atoms with Gasteiger partial charge >= 0.3 is 0 Å². The van der Waals surface area contributed by atoms with Gasteiger partial charge in [0.25, 0.3) is 5.91 Å². The number of aryl methyl sites for hydroxylation is 1. The van der Waals surface area contributed by atoms with E-state index in [1.807, 2.05) is 50.2 Å². The molecule has 0 unspecified atom stereocenters. The Morgan fingerprint density at radius 3 is 2.70 bits per heavy atom. The van der Waals surface area contributed by atoms with Gasteiger partial charge in [0.1, 0.15) is 11.5 Å². The van der Waals surface area contributed by atoms with Crippen molar-refractivity contribution in [3.63, 3.8) is 0 Å². The predicted octanol–water partition coefficient (Wildman–Crippen LogP) is 3.45. The number of amides is 1. The molecule has 1 aromatic carbocycles. The topological polar surface area (TPSA) is 39.7 Å². The number of aromatic nitrogens is 1. The van der Waals surface area contributed by atoms with Gasteiger partial charge in [-0.25, -0.2) is 9.37 Å². The minimum Gasteiger partial charge on any atom is -0.336 e. The van der Waals surface area contributed by atoms with Crippen LogP contribution in [0.5, 0.6) is 0 Å². The van der Waals surface area contributed by atoms with E-state index in [-0.39, 0.29) is 11.7 Å². The number of likely N-dealkylation sites (tertiary alicyclic amines) is 1. The van der Waals surface area contributed by atoms with Crippen LogP contribution in [-0.2, 0) is 6.54 Å². The van der Waals surface area contributed by atoms with Crippen LogP contribution in [0.25, 0.3) is 0 Å². The third-order valence-electron chi connectivity index (χ3n) is 5.65. The number of piperidine rings is 1. The molecule has 0 bridgehead atoms. The number of halogens is 1. The third kappa shape index (κ3) is 6.34. The van der Waals surface area contributed by atoms with Gasteiger partial charge in [-0.15, -0.1) is 0 Å². The first kappa shape index (κ1) is 22.4. The van der Waals surface area contributed by atoms with Gasteiger partial charge in [-0.05, 0) is 64.5 Å². The van der Waals surface area contributed by atoms with E-state index in [4.69, 9.17) is 0 Å². The van der Waals surface area contributed by atoms with Gasteiger partial charge in [0.05, 0.1) is 0 Å². The van der Waals surface area contributed by atoms with Crippen LogP contribution in [0.15, 0.2) is 42.5 Å². The zero-order valence-electron chi connectivity index (χ0n) is 18.4. The first-order valence-electron chi connectivity index (χ1n) is 10.8. The number of rotatable bonds is 8. The molecule has 1 fully saturated rings. The summed E-state index contributed by atoms with van der Waals surface area (Å²) < 4.78 is 14.1. The average Bonchev–Trinajstić information content (AvgIpc) is 2.72. The number of pyridine rings is 1. The summed E-state index contributed by atoms with van der Waals surface area (Å²) in [5.74, 6) is 0.223. The quantitative estimate of drug-likeness (QED) is 0.666. The van der Waals surface area contributed by atoms with Crippen molar-refractivity contribution in [3.8, 4) is 0 Å². The van der Waals surface area contributed by atoms with Crippen molar-refractivity contribution in [2.24, 2.45) is 5.92 Å². The highest BCUT2D eigenvalue weighted by Crippen LogP contribution is 2.21. The maximum Gasteiger partial charge on any atom is 0.272 e. The van der Waals surface area contributed by atoms with Crippen molar-refractivity contribution < 1.29 is 9.18 Å². The second-order valence-electron chi connectivity index (χ2n) is 8.55. The predicted molar refractivity (Wildman–Crippen MR) is 118 cm³/mol. The SMILES string of the molecule is Cc1cccc(C(=O)N(CCN(C)C)C[C@@H]2CCCN(Cc3ccccc3F)C2)n1. The lowest BCUT2D eigenvalue weighted by atomic mass is 9.96. The Labute approximate surface area is 179 Å². The minimum atomic E-state index is -0.145. The van der Waals surface area contributed by atoms with Crippen molar-refractivity contribution in [1.29, 1.82) is 0 Å². The van der Waals surface area contributed by atoms with Crippen molar-refractivity contribution >= 4 is 5.91 Å². The monoisotopic (exact) mass is 412 g/mol. The van der Waals surface area contributed by atoms with E-state index < -0.39 is 0 Å². The summed E-state index contributed by atoms with van der Waals surface area (Å²) in [6, 6.07) is 12.6. The standard InChI is InChI=1S/C24H33FN4O/c1-19-8-6-12-23(26-19)24(30)29(15-14-27(2)3)17-20-9-7-13-28(16-20)18-21-10-4-5-11-22(21)25/h4-6,8,10-12,20H,7,9,13-18H2,1-3H3/t20-/m1/s1. The van der Waals surface area contributed by atoms with E-state index >= 15 is 0 Å². The number of benzene rings is 1. The second-order valence-corrected chi connectivity index (χ2v) is 8.55. The number of hydrogen-bond donors (Lipinski definition) is 0. The zero-order chi connectivity index (χ0) is 21.5. The first-order chi connectivity index (χ1) is 14.4. The normalized spacial score (nSPS) is 17.3. The third-order valence-corrected chi connectivity index (χ3v) is 5.65. The van der Waals surface area contributed by atoms with E-state index in [1.54, 1.807) is 12.1 Å². The van der Waals surface area contributed by atoms with Gasteiger partial charge in [-0.3, -0.25) is 9.69 Å². The Hall–Kier alpha value is -2.31. The molecule has 1 aliphatic rings. The fourth-order valence-corrected chi connectivity index (χ4v) is 4.04. The molecule has 1 aliphatic heterocycles. The lowest BCUT2D eigenvalue weighted by Gasteiger charge is -2.36. The molecule has 30 heavy (non-hydrogen) atoms. The maximum absolute atomic E-state index is 14.1. The van der Waals surface area contributed by atoms with E-state index in [2.05, 4.69) is 14.8 Å². The van der Waals surface area contributed by atoms with Gasteiger partial charge in [-0.2, -0.15) is 0 Å². The smallest absolute Gasteiger partial charge is 0.272 e. The van der Waals surface area contributed by atoms with Crippen LogP contribution < -0.4 is 0 Å². The van der Waals surface area contributed by atoms with Crippen molar-refractivity contribution in [2.45, 2.75) is 26.3 Å². The van der Waals surface area contributed by atoms with E-state index in [9.17, 15) is 9.18 Å². The molecular weight excluding hydrogens is 379 g/mol. The van der Waals surface area contributed by atoms with Gasteiger partial charge in [-0.1, -0.05) is 24.3 Å². The Kier molecular flexibility index (Phi) is 7.94. The van der Waals surface area contributed by atoms with Crippen LogP contribution in [-0.4, -0.2) is 72.4 Å². The number of carbonyl (C=O) groups excluding carboxylic acids is 1. The maximum atomic E-state index is 14.1. The van der Waals surface area contributed by atoms with Gasteiger partial charge < -0.3 is 9.80 Å². The fourth-order valence-electron chi connectivity index (χ4n) is 4.04. The Morgan fingerprint density at radius 2 is 1.97 bits per heavy atom. The van der Waals surface area contributed by atoms with Gasteiger partial charge in [0.15, 0.2) is 0 Å². The summed E-state index contributed by atoms with van der Waals surface area (Å²) in [5.41, 5.74) is 2.09. The molecule has 1 aromatic heterocycles. The van der Waals surface area contributed by atoms with E-state index in [0.29, 0.717) is 31.2 Å². The number of likely N-dealkylation sites (N-methyl/N-ethyl adjacent to an activating group) is 1. The summed E-state index contributed by atoms with van der Waals surface area (Å²) in [6.07, 6.45) is 2.15. The van der Waals surface area contributed by atoms with Crippen LogP contribution in [0.2, 0.25) is 0 Å². The Morgan fingerprint density at radius 1 is 1.17 bits per heavy atom. The molecule has 1 saturated heterocycles. The molecule has 5 nitrogen and oxygen atoms in total. The van der Waals surface area contributed by atoms with Gasteiger partial charge in [0.2, 0.25) is 0 Å². The van der Waals surface area contributed by atoms with Crippen molar-refractivity contribution in [1.82, 2.24) is 19.7 Å². The fraction of sp³-hybridized carbons (Fsp3) is 0.500. The second kappa shape index (κ2) is 10.6. The highest BCUT2D eigenvalue weighted by Gasteiger charge is 2.26. The summed E-state index contributed by atoms with van der Waals surface area (Å²) in [5, 5.41) is 0. The lowest BCUT2D eigenvalue weighted by Crippen LogP contribution is -2.44. The molecule has 1 amide bonds. The molecule has 2 aromatic rings. The van der Waals surface area contributed by atoms with E-state index in [1.165, 1.54) is 6.07 Å². The number of carbonyl (C=O) groups is 1. The van der Waals surface area contributed by atoms with Crippen LogP contribution >= 0.6 is 0 Å². The molecule has 0 radical (unpaired) electrons. The van der Waals surface area contributed by atoms with Gasteiger partial charge in [0, 0.05) is 44.0 Å². The molecule has 0 aliphatic carbocycles. The van der Waals surface area contributed by atoms with Crippen LogP contribution in [0.1, 0.15) is 34.6 Å². The van der Waals surface area contributed by atoms with Crippen molar-refractivity contribution in [3.05, 3.63) is 65.2 Å². The zero-order valence-corrected chi connectivity index (χ0v) is 18.4. The number of nitrogens with zero attached hydrogens (tertiary/aromatic N) is 4.